The van der Waals surface area contributed by atoms with Gasteiger partial charge in [0.25, 0.3) is 5.91 Å². The van der Waals surface area contributed by atoms with E-state index in [-0.39, 0.29) is 28.9 Å². The van der Waals surface area contributed by atoms with Gasteiger partial charge >= 0.3 is 5.97 Å². The lowest BCUT2D eigenvalue weighted by Gasteiger charge is -2.13. The van der Waals surface area contributed by atoms with E-state index in [1.165, 1.54) is 6.07 Å². The molecular formula is C22H21N3O5. The SMILES string of the molecule is COC(=O)c1cc(C(=O)NCC(N)=O)c2cc(Cc3ccc(C)cc3)cnc2c1O. The fourth-order valence-corrected chi connectivity index (χ4v) is 3.07. The van der Waals surface area contributed by atoms with Crippen LogP contribution in [-0.4, -0.2) is 41.5 Å². The van der Waals surface area contributed by atoms with Crippen LogP contribution < -0.4 is 11.1 Å². The van der Waals surface area contributed by atoms with Crippen molar-refractivity contribution in [3.05, 3.63) is 70.4 Å². The number of esters is 1. The minimum Gasteiger partial charge on any atom is -0.505 e. The first-order valence-electron chi connectivity index (χ1n) is 9.15. The molecule has 30 heavy (non-hydrogen) atoms. The molecule has 2 aromatic carbocycles. The summed E-state index contributed by atoms with van der Waals surface area (Å²) in [6.07, 6.45) is 2.14. The summed E-state index contributed by atoms with van der Waals surface area (Å²) in [7, 11) is 1.16. The van der Waals surface area contributed by atoms with Gasteiger partial charge in [-0.1, -0.05) is 29.8 Å². The molecule has 0 bridgehead atoms. The molecule has 0 spiro atoms. The number of pyridine rings is 1. The second-order valence-electron chi connectivity index (χ2n) is 6.86. The predicted octanol–water partition coefficient (Wildman–Crippen LogP) is 1.84. The third-order valence-electron chi connectivity index (χ3n) is 4.60. The molecule has 2 amide bonds. The average molecular weight is 407 g/mol. The molecule has 0 aliphatic carbocycles. The Balaban J connectivity index is 2.11. The highest BCUT2D eigenvalue weighted by atomic mass is 16.5. The summed E-state index contributed by atoms with van der Waals surface area (Å²) in [6.45, 7) is 1.63. The number of ether oxygens (including phenoxy) is 1. The number of amides is 2. The second kappa shape index (κ2) is 8.60. The molecule has 4 N–H and O–H groups in total. The lowest BCUT2D eigenvalue weighted by atomic mass is 9.98. The minimum absolute atomic E-state index is 0.0720. The molecule has 0 atom stereocenters. The average Bonchev–Trinajstić information content (AvgIpc) is 2.73. The van der Waals surface area contributed by atoms with Crippen molar-refractivity contribution in [2.24, 2.45) is 5.73 Å². The van der Waals surface area contributed by atoms with Gasteiger partial charge in [-0.25, -0.2) is 4.79 Å². The number of carbonyl (C=O) groups is 3. The van der Waals surface area contributed by atoms with Gasteiger partial charge in [-0.2, -0.15) is 0 Å². The van der Waals surface area contributed by atoms with Gasteiger partial charge in [0, 0.05) is 17.1 Å². The molecular weight excluding hydrogens is 386 g/mol. The molecule has 1 heterocycles. The van der Waals surface area contributed by atoms with E-state index in [1.807, 2.05) is 31.2 Å². The number of aryl methyl sites for hydroxylation is 1. The number of hydrogen-bond donors (Lipinski definition) is 3. The molecule has 0 fully saturated rings. The summed E-state index contributed by atoms with van der Waals surface area (Å²) >= 11 is 0. The topological polar surface area (TPSA) is 132 Å². The predicted molar refractivity (Wildman–Crippen MR) is 110 cm³/mol. The summed E-state index contributed by atoms with van der Waals surface area (Å²) in [5.41, 5.74) is 8.05. The number of nitrogens with two attached hydrogens (primary N) is 1. The number of nitrogens with zero attached hydrogens (tertiary/aromatic N) is 1. The molecule has 0 saturated heterocycles. The molecule has 0 unspecified atom stereocenters. The van der Waals surface area contributed by atoms with E-state index in [1.54, 1.807) is 12.3 Å². The van der Waals surface area contributed by atoms with Crippen LogP contribution >= 0.6 is 0 Å². The summed E-state index contributed by atoms with van der Waals surface area (Å²) in [5.74, 6) is -2.54. The highest BCUT2D eigenvalue weighted by Gasteiger charge is 2.22. The van der Waals surface area contributed by atoms with E-state index in [2.05, 4.69) is 15.0 Å². The fourth-order valence-electron chi connectivity index (χ4n) is 3.07. The lowest BCUT2D eigenvalue weighted by molar-refractivity contribution is -0.117. The van der Waals surface area contributed by atoms with E-state index in [0.717, 1.165) is 23.8 Å². The van der Waals surface area contributed by atoms with Crippen molar-refractivity contribution in [1.82, 2.24) is 10.3 Å². The summed E-state index contributed by atoms with van der Waals surface area (Å²) in [5, 5.41) is 13.3. The monoisotopic (exact) mass is 407 g/mol. The third-order valence-corrected chi connectivity index (χ3v) is 4.60. The van der Waals surface area contributed by atoms with Crippen molar-refractivity contribution in [2.45, 2.75) is 13.3 Å². The molecule has 8 nitrogen and oxygen atoms in total. The number of benzene rings is 2. The smallest absolute Gasteiger partial charge is 0.341 e. The van der Waals surface area contributed by atoms with Gasteiger partial charge in [-0.3, -0.25) is 14.6 Å². The number of methoxy groups -OCH3 is 1. The fraction of sp³-hybridized carbons (Fsp3) is 0.182. The first-order chi connectivity index (χ1) is 14.3. The molecule has 0 aliphatic rings. The van der Waals surface area contributed by atoms with Gasteiger partial charge in [0.15, 0.2) is 5.75 Å². The number of primary amides is 1. The largest absolute Gasteiger partial charge is 0.505 e. The van der Waals surface area contributed by atoms with Crippen molar-refractivity contribution < 1.29 is 24.2 Å². The Morgan fingerprint density at radius 3 is 2.43 bits per heavy atom. The first-order valence-corrected chi connectivity index (χ1v) is 9.15. The molecule has 8 heteroatoms. The zero-order valence-electron chi connectivity index (χ0n) is 16.6. The van der Waals surface area contributed by atoms with E-state index in [9.17, 15) is 19.5 Å². The number of fused-ring (bicyclic) bond motifs is 1. The number of nitrogens with one attached hydrogen (secondary N) is 1. The number of hydrogen-bond acceptors (Lipinski definition) is 6. The van der Waals surface area contributed by atoms with E-state index in [4.69, 9.17) is 5.73 Å². The molecule has 3 aromatic rings. The molecule has 154 valence electrons. The Hall–Kier alpha value is -3.94. The summed E-state index contributed by atoms with van der Waals surface area (Å²) in [4.78, 5) is 40.0. The quantitative estimate of drug-likeness (QED) is 0.534. The Morgan fingerprint density at radius 2 is 1.80 bits per heavy atom. The van der Waals surface area contributed by atoms with Crippen LogP contribution in [-0.2, 0) is 16.0 Å². The Kier molecular flexibility index (Phi) is 5.96. The normalized spacial score (nSPS) is 10.6. The van der Waals surface area contributed by atoms with E-state index >= 15 is 0 Å². The van der Waals surface area contributed by atoms with Crippen LogP contribution in [0.4, 0.5) is 0 Å². The summed E-state index contributed by atoms with van der Waals surface area (Å²) in [6, 6.07) is 10.9. The van der Waals surface area contributed by atoms with Crippen LogP contribution in [0, 0.1) is 6.92 Å². The minimum atomic E-state index is -0.816. The van der Waals surface area contributed by atoms with Crippen molar-refractivity contribution in [1.29, 1.82) is 0 Å². The number of rotatable bonds is 6. The van der Waals surface area contributed by atoms with E-state index < -0.39 is 17.8 Å². The highest BCUT2D eigenvalue weighted by molar-refractivity contribution is 6.12. The van der Waals surface area contributed by atoms with Crippen molar-refractivity contribution in [3.63, 3.8) is 0 Å². The van der Waals surface area contributed by atoms with Crippen molar-refractivity contribution >= 4 is 28.7 Å². The van der Waals surface area contributed by atoms with Crippen molar-refractivity contribution in [3.8, 4) is 5.75 Å². The lowest BCUT2D eigenvalue weighted by Crippen LogP contribution is -2.33. The highest BCUT2D eigenvalue weighted by Crippen LogP contribution is 2.32. The Labute approximate surface area is 172 Å². The number of aromatic hydroxyl groups is 1. The molecule has 1 aromatic heterocycles. The van der Waals surface area contributed by atoms with Gasteiger partial charge in [0.05, 0.1) is 13.7 Å². The number of aromatic nitrogens is 1. The third kappa shape index (κ3) is 4.38. The van der Waals surface area contributed by atoms with Gasteiger partial charge in [-0.05, 0) is 36.6 Å². The summed E-state index contributed by atoms with van der Waals surface area (Å²) < 4.78 is 4.68. The number of phenolic OH excluding ortho intramolecular Hbond substituents is 1. The van der Waals surface area contributed by atoms with Gasteiger partial charge in [0.1, 0.15) is 11.1 Å². The molecule has 0 aliphatic heterocycles. The van der Waals surface area contributed by atoms with Gasteiger partial charge in [0.2, 0.25) is 5.91 Å². The van der Waals surface area contributed by atoms with Gasteiger partial charge in [-0.15, -0.1) is 0 Å². The van der Waals surface area contributed by atoms with Gasteiger partial charge < -0.3 is 20.9 Å². The maximum Gasteiger partial charge on any atom is 0.341 e. The second-order valence-corrected chi connectivity index (χ2v) is 6.86. The molecule has 3 rings (SSSR count). The number of phenols is 1. The van der Waals surface area contributed by atoms with Crippen LogP contribution in [0.3, 0.4) is 0 Å². The molecule has 0 radical (unpaired) electrons. The maximum absolute atomic E-state index is 12.7. The van der Waals surface area contributed by atoms with Crippen LogP contribution in [0.1, 0.15) is 37.4 Å². The zero-order chi connectivity index (χ0) is 21.8. The number of carbonyl (C=O) groups excluding carboxylic acids is 3. The first kappa shape index (κ1) is 20.8. The Bertz CT molecular complexity index is 1140. The van der Waals surface area contributed by atoms with Crippen LogP contribution in [0.25, 0.3) is 10.9 Å². The van der Waals surface area contributed by atoms with Crippen molar-refractivity contribution in [2.75, 3.05) is 13.7 Å². The maximum atomic E-state index is 12.7. The Morgan fingerprint density at radius 1 is 1.10 bits per heavy atom. The van der Waals surface area contributed by atoms with Crippen LogP contribution in [0.15, 0.2) is 42.6 Å². The zero-order valence-corrected chi connectivity index (χ0v) is 16.6. The van der Waals surface area contributed by atoms with Crippen LogP contribution in [0.5, 0.6) is 5.75 Å². The standard InChI is InChI=1S/C22H21N3O5/c1-12-3-5-13(6-4-12)7-14-8-15-16(21(28)25-11-18(23)26)9-17(22(29)30-2)20(27)19(15)24-10-14/h3-6,8-10,27H,7,11H2,1-2H3,(H2,23,26)(H,25,28). The van der Waals surface area contributed by atoms with E-state index in [0.29, 0.717) is 11.8 Å². The van der Waals surface area contributed by atoms with Crippen LogP contribution in [0.2, 0.25) is 0 Å². The molecule has 0 saturated carbocycles.